The fourth-order valence-electron chi connectivity index (χ4n) is 14.6. The van der Waals surface area contributed by atoms with Gasteiger partial charge in [0.1, 0.15) is 0 Å². The van der Waals surface area contributed by atoms with Crippen LogP contribution in [0.5, 0.6) is 0 Å². The van der Waals surface area contributed by atoms with E-state index in [0.29, 0.717) is 23.0 Å². The SMILES string of the molecule is N#Cc1ccc(-c2nc(-c3ccccc3)nc(-c3ccccc3)n2)c(-n2c3ccccc3c3cc(-c4cc5c6c(c4)N(c4cc(-c7ccccc7)cc(-c7ccccc7)c4)c4ccccc4B6c4ccccc4N5c4cc(-c5ccccc5)cc(-c5ccccc5)c4)ccc32)c1. The Morgan fingerprint density at radius 2 is 0.667 bits per heavy atom. The Kier molecular flexibility index (Phi) is 13.6. The lowest BCUT2D eigenvalue weighted by atomic mass is 9.33. The largest absolute Gasteiger partial charge is 0.311 e. The molecule has 0 saturated heterocycles. The van der Waals surface area contributed by atoms with Crippen molar-refractivity contribution in [3.63, 3.8) is 0 Å². The summed E-state index contributed by atoms with van der Waals surface area (Å²) in [6.45, 7) is -0.114. The number of hydrogen-bond donors (Lipinski definition) is 0. The van der Waals surface area contributed by atoms with Gasteiger partial charge in [-0.05, 0) is 169 Å². The lowest BCUT2D eigenvalue weighted by Crippen LogP contribution is -2.61. The van der Waals surface area contributed by atoms with Gasteiger partial charge < -0.3 is 14.4 Å². The van der Waals surface area contributed by atoms with Crippen molar-refractivity contribution >= 4 is 79.0 Å². The molecule has 446 valence electrons. The highest BCUT2D eigenvalue weighted by Gasteiger charge is 2.44. The van der Waals surface area contributed by atoms with E-state index in [9.17, 15) is 5.26 Å². The number of nitriles is 1. The van der Waals surface area contributed by atoms with Gasteiger partial charge in [0.05, 0.1) is 28.4 Å². The minimum Gasteiger partial charge on any atom is -0.311 e. The van der Waals surface area contributed by atoms with Crippen molar-refractivity contribution < 1.29 is 0 Å². The standard InChI is InChI=1S/C88H56BN7/c90-57-58-43-45-74(88-92-86(63-33-15-5-16-34-63)91-87(93-88)64-35-17-6-18-36-64)82(47-58)96-78-40-22-19-37-73(78)75-54-65(44-46-79(75)96)70-55-83-85-84(56-70)95(72-52-68(61-29-11-3-12-30-61)49-69(53-72)62-31-13-4-14-32-62)81-42-24-21-39-77(81)89(85)76-38-20-23-41-80(76)94(83)71-50-66(59-25-7-1-8-26-59)48-67(51-71)60-27-9-2-10-28-60/h1-56H. The van der Waals surface area contributed by atoms with Crippen molar-refractivity contribution in [3.05, 3.63) is 345 Å². The molecular weight excluding hydrogens is 1170 g/mol. The van der Waals surface area contributed by atoms with Crippen LogP contribution in [0.15, 0.2) is 340 Å². The first-order valence-electron chi connectivity index (χ1n) is 32.5. The summed E-state index contributed by atoms with van der Waals surface area (Å²) in [6.07, 6.45) is 0. The number of benzene rings is 14. The summed E-state index contributed by atoms with van der Waals surface area (Å²) >= 11 is 0. The smallest absolute Gasteiger partial charge is 0.252 e. The van der Waals surface area contributed by atoms with Gasteiger partial charge in [-0.15, -0.1) is 0 Å². The number of rotatable bonds is 11. The van der Waals surface area contributed by atoms with Crippen molar-refractivity contribution in [2.45, 2.75) is 0 Å². The molecule has 7 nitrogen and oxygen atoms in total. The highest BCUT2D eigenvalue weighted by atomic mass is 15.2. The molecule has 0 unspecified atom stereocenters. The molecule has 0 bridgehead atoms. The molecule has 0 fully saturated rings. The second-order valence-corrected chi connectivity index (χ2v) is 24.6. The molecule has 2 aliphatic rings. The molecule has 0 saturated carbocycles. The number of fused-ring (bicyclic) bond motifs is 7. The van der Waals surface area contributed by atoms with E-state index in [1.54, 1.807) is 0 Å². The van der Waals surface area contributed by atoms with Crippen molar-refractivity contribution in [1.82, 2.24) is 19.5 Å². The molecule has 0 aliphatic carbocycles. The fraction of sp³-hybridized carbons (Fsp3) is 0. The summed E-state index contributed by atoms with van der Waals surface area (Å²) in [6, 6.07) is 124. The average molecular weight is 1220 g/mol. The van der Waals surface area contributed by atoms with E-state index in [1.165, 1.54) is 16.4 Å². The number of nitrogens with zero attached hydrogens (tertiary/aromatic N) is 7. The number of anilines is 6. The summed E-state index contributed by atoms with van der Waals surface area (Å²) in [7, 11) is 0. The molecule has 4 heterocycles. The third-order valence-corrected chi connectivity index (χ3v) is 19.0. The van der Waals surface area contributed by atoms with Crippen LogP contribution in [0.4, 0.5) is 34.1 Å². The van der Waals surface area contributed by atoms with E-state index >= 15 is 0 Å². The lowest BCUT2D eigenvalue weighted by Gasteiger charge is -2.44. The van der Waals surface area contributed by atoms with Gasteiger partial charge in [-0.3, -0.25) is 0 Å². The normalized spacial score (nSPS) is 12.1. The van der Waals surface area contributed by atoms with Gasteiger partial charge in [0.15, 0.2) is 17.5 Å². The van der Waals surface area contributed by atoms with Gasteiger partial charge in [0.25, 0.3) is 6.71 Å². The molecule has 96 heavy (non-hydrogen) atoms. The van der Waals surface area contributed by atoms with Crippen molar-refractivity contribution in [2.75, 3.05) is 9.80 Å². The number of hydrogen-bond acceptors (Lipinski definition) is 6. The Balaban J connectivity index is 0.900. The Labute approximate surface area is 557 Å². The van der Waals surface area contributed by atoms with Crippen LogP contribution in [-0.4, -0.2) is 26.2 Å². The molecule has 2 aromatic heterocycles. The zero-order valence-electron chi connectivity index (χ0n) is 52.0. The predicted molar refractivity (Wildman–Crippen MR) is 396 cm³/mol. The van der Waals surface area contributed by atoms with E-state index in [2.05, 4.69) is 281 Å². The van der Waals surface area contributed by atoms with E-state index in [0.717, 1.165) is 134 Å². The maximum atomic E-state index is 10.7. The van der Waals surface area contributed by atoms with Crippen molar-refractivity contribution in [3.8, 4) is 102 Å². The van der Waals surface area contributed by atoms with Crippen LogP contribution >= 0.6 is 0 Å². The van der Waals surface area contributed by atoms with Gasteiger partial charge in [-0.1, -0.05) is 243 Å². The molecule has 0 amide bonds. The number of para-hydroxylation sites is 3. The van der Waals surface area contributed by atoms with Gasteiger partial charge in [-0.2, -0.15) is 5.26 Å². The first kappa shape index (κ1) is 55.9. The summed E-state index contributed by atoms with van der Waals surface area (Å²) in [5.41, 5.74) is 27.2. The van der Waals surface area contributed by atoms with E-state index in [4.69, 9.17) is 15.0 Å². The maximum Gasteiger partial charge on any atom is 0.252 e. The molecule has 0 spiro atoms. The molecule has 2 aliphatic heterocycles. The van der Waals surface area contributed by atoms with Crippen LogP contribution < -0.4 is 26.2 Å². The quantitative estimate of drug-likeness (QED) is 0.120. The first-order chi connectivity index (χ1) is 47.5. The zero-order chi connectivity index (χ0) is 63.6. The van der Waals surface area contributed by atoms with Crippen LogP contribution in [-0.2, 0) is 0 Å². The van der Waals surface area contributed by atoms with Gasteiger partial charge >= 0.3 is 0 Å². The monoisotopic (exact) mass is 1220 g/mol. The van der Waals surface area contributed by atoms with Gasteiger partial charge in [0, 0.05) is 61.6 Å². The molecule has 0 radical (unpaired) electrons. The molecular formula is C88H56BN7. The summed E-state index contributed by atoms with van der Waals surface area (Å²) < 4.78 is 2.28. The molecule has 18 rings (SSSR count). The van der Waals surface area contributed by atoms with Crippen LogP contribution in [0.3, 0.4) is 0 Å². The van der Waals surface area contributed by atoms with Crippen molar-refractivity contribution in [2.24, 2.45) is 0 Å². The van der Waals surface area contributed by atoms with Crippen LogP contribution in [0.1, 0.15) is 5.56 Å². The van der Waals surface area contributed by atoms with E-state index < -0.39 is 0 Å². The molecule has 8 heteroatoms. The second kappa shape index (κ2) is 23.3. The summed E-state index contributed by atoms with van der Waals surface area (Å²) in [4.78, 5) is 20.6. The molecule has 0 atom stereocenters. The van der Waals surface area contributed by atoms with Crippen LogP contribution in [0.2, 0.25) is 0 Å². The molecule has 0 N–H and O–H groups in total. The topological polar surface area (TPSA) is 73.9 Å². The lowest BCUT2D eigenvalue weighted by molar-refractivity contribution is 1.06. The Morgan fingerprint density at radius 3 is 1.14 bits per heavy atom. The first-order valence-corrected chi connectivity index (χ1v) is 32.5. The Hall–Kier alpha value is -13.0. The second-order valence-electron chi connectivity index (χ2n) is 24.6. The highest BCUT2D eigenvalue weighted by molar-refractivity contribution is 7.00. The van der Waals surface area contributed by atoms with Gasteiger partial charge in [-0.25, -0.2) is 15.0 Å². The highest BCUT2D eigenvalue weighted by Crippen LogP contribution is 2.49. The fourth-order valence-corrected chi connectivity index (χ4v) is 14.6. The maximum absolute atomic E-state index is 10.7. The number of aromatic nitrogens is 4. The average Bonchev–Trinajstić information content (AvgIpc) is 0.827. The Bertz CT molecular complexity index is 5360. The zero-order valence-corrected chi connectivity index (χ0v) is 52.0. The third kappa shape index (κ3) is 9.64. The van der Waals surface area contributed by atoms with Crippen LogP contribution in [0.25, 0.3) is 117 Å². The van der Waals surface area contributed by atoms with Crippen LogP contribution in [0, 0.1) is 11.3 Å². The summed E-state index contributed by atoms with van der Waals surface area (Å²) in [5, 5.41) is 12.8. The predicted octanol–water partition coefficient (Wildman–Crippen LogP) is 20.3. The Morgan fingerprint density at radius 1 is 0.271 bits per heavy atom. The van der Waals surface area contributed by atoms with Crippen molar-refractivity contribution in [1.29, 1.82) is 5.26 Å². The van der Waals surface area contributed by atoms with Gasteiger partial charge in [0.2, 0.25) is 0 Å². The third-order valence-electron chi connectivity index (χ3n) is 19.0. The molecule has 16 aromatic rings. The summed E-state index contributed by atoms with van der Waals surface area (Å²) in [5.74, 6) is 1.61. The van der Waals surface area contributed by atoms with E-state index in [-0.39, 0.29) is 6.71 Å². The minimum absolute atomic E-state index is 0.114. The van der Waals surface area contributed by atoms with E-state index in [1.807, 2.05) is 78.9 Å². The molecule has 14 aromatic carbocycles. The minimum atomic E-state index is -0.114.